The Labute approximate surface area is 187 Å². The molecule has 0 N–H and O–H groups in total. The first-order chi connectivity index (χ1) is 13.7. The van der Waals surface area contributed by atoms with E-state index in [1.165, 1.54) is 10.9 Å². The monoisotopic (exact) mass is 495 g/mol. The third-order valence-electron chi connectivity index (χ3n) is 4.05. The van der Waals surface area contributed by atoms with Gasteiger partial charge >= 0.3 is 0 Å². The fourth-order valence-corrected chi connectivity index (χ4v) is 3.73. The van der Waals surface area contributed by atoms with Crippen molar-refractivity contribution < 1.29 is 4.74 Å². The Morgan fingerprint density at radius 1 is 1.14 bits per heavy atom. The predicted molar refractivity (Wildman–Crippen MR) is 123 cm³/mol. The van der Waals surface area contributed by atoms with Crippen LogP contribution in [0.15, 0.2) is 44.7 Å². The first-order valence-corrected chi connectivity index (χ1v) is 10.6. The van der Waals surface area contributed by atoms with Gasteiger partial charge in [-0.2, -0.15) is 9.78 Å². The number of ether oxygens (including phenoxy) is 1. The number of fused-ring (bicyclic) bond motifs is 1. The van der Waals surface area contributed by atoms with Gasteiger partial charge in [-0.05, 0) is 49.7 Å². The number of aromatic nitrogens is 2. The van der Waals surface area contributed by atoms with E-state index >= 15 is 0 Å². The lowest BCUT2D eigenvalue weighted by atomic mass is 10.2. The van der Waals surface area contributed by atoms with Crippen molar-refractivity contribution in [3.63, 3.8) is 0 Å². The van der Waals surface area contributed by atoms with Gasteiger partial charge in [0.05, 0.1) is 33.3 Å². The van der Waals surface area contributed by atoms with Gasteiger partial charge in [-0.3, -0.25) is 4.79 Å². The van der Waals surface area contributed by atoms with Crippen LogP contribution in [0.1, 0.15) is 45.0 Å². The van der Waals surface area contributed by atoms with E-state index in [4.69, 9.17) is 27.9 Å². The molecule has 5 nitrogen and oxygen atoms in total. The average molecular weight is 497 g/mol. The Kier molecular flexibility index (Phi) is 6.66. The SMILES string of the molecule is CC(C)Oc1c(Cl)cc(C=Nn2c(C(C)C)nc3ccc(Br)cc3c2=O)cc1Cl. The van der Waals surface area contributed by atoms with Crippen LogP contribution in [0.25, 0.3) is 10.9 Å². The van der Waals surface area contributed by atoms with Crippen LogP contribution in [0.5, 0.6) is 5.75 Å². The van der Waals surface area contributed by atoms with Crippen LogP contribution in [0.3, 0.4) is 0 Å². The Hall–Kier alpha value is -1.89. The molecule has 3 rings (SSSR count). The van der Waals surface area contributed by atoms with Crippen molar-refractivity contribution in [2.24, 2.45) is 5.10 Å². The molecule has 0 radical (unpaired) electrons. The largest absolute Gasteiger partial charge is 0.488 e. The highest BCUT2D eigenvalue weighted by Crippen LogP contribution is 2.34. The average Bonchev–Trinajstić information content (AvgIpc) is 2.64. The van der Waals surface area contributed by atoms with E-state index in [2.05, 4.69) is 26.0 Å². The van der Waals surface area contributed by atoms with Gasteiger partial charge < -0.3 is 4.74 Å². The number of nitrogens with zero attached hydrogens (tertiary/aromatic N) is 3. The normalized spacial score (nSPS) is 11.9. The van der Waals surface area contributed by atoms with Crippen molar-refractivity contribution in [3.05, 3.63) is 66.6 Å². The molecule has 29 heavy (non-hydrogen) atoms. The second-order valence-corrected chi connectivity index (χ2v) is 8.86. The maximum Gasteiger partial charge on any atom is 0.282 e. The zero-order valence-electron chi connectivity index (χ0n) is 16.4. The van der Waals surface area contributed by atoms with Gasteiger partial charge in [-0.25, -0.2) is 4.98 Å². The van der Waals surface area contributed by atoms with Gasteiger partial charge in [0.15, 0.2) is 5.75 Å². The molecule has 0 spiro atoms. The Balaban J connectivity index is 2.10. The van der Waals surface area contributed by atoms with Crippen molar-refractivity contribution >= 4 is 56.2 Å². The number of halogens is 3. The number of benzene rings is 2. The zero-order valence-corrected chi connectivity index (χ0v) is 19.5. The number of hydrogen-bond acceptors (Lipinski definition) is 4. The van der Waals surface area contributed by atoms with E-state index in [0.29, 0.717) is 38.1 Å². The fourth-order valence-electron chi connectivity index (χ4n) is 2.78. The molecule has 0 bridgehead atoms. The first kappa shape index (κ1) is 21.8. The molecule has 2 aromatic carbocycles. The lowest BCUT2D eigenvalue weighted by molar-refractivity contribution is 0.243. The fraction of sp³-hybridized carbons (Fsp3) is 0.286. The van der Waals surface area contributed by atoms with Crippen LogP contribution >= 0.6 is 39.1 Å². The molecule has 0 amide bonds. The maximum atomic E-state index is 13.1. The summed E-state index contributed by atoms with van der Waals surface area (Å²) in [5.74, 6) is 0.998. The standard InChI is InChI=1S/C21H20BrCl2N3O2/c1-11(2)20-26-18-6-5-14(22)9-15(18)21(28)27(20)25-10-13-7-16(23)19(17(24)8-13)29-12(3)4/h5-12H,1-4H3. The van der Waals surface area contributed by atoms with Crippen molar-refractivity contribution in [2.75, 3.05) is 0 Å². The Morgan fingerprint density at radius 2 is 1.79 bits per heavy atom. The van der Waals surface area contributed by atoms with Crippen molar-refractivity contribution in [1.82, 2.24) is 9.66 Å². The van der Waals surface area contributed by atoms with Gasteiger partial charge in [-0.1, -0.05) is 53.0 Å². The van der Waals surface area contributed by atoms with E-state index in [-0.39, 0.29) is 17.6 Å². The molecular formula is C21H20BrCl2N3O2. The van der Waals surface area contributed by atoms with Crippen molar-refractivity contribution in [2.45, 2.75) is 39.7 Å². The maximum absolute atomic E-state index is 13.1. The lowest BCUT2D eigenvalue weighted by Gasteiger charge is -2.14. The third-order valence-corrected chi connectivity index (χ3v) is 5.10. The zero-order chi connectivity index (χ0) is 21.3. The molecule has 0 saturated heterocycles. The Bertz CT molecular complexity index is 1130. The summed E-state index contributed by atoms with van der Waals surface area (Å²) in [6, 6.07) is 8.80. The summed E-state index contributed by atoms with van der Waals surface area (Å²) in [6.07, 6.45) is 1.48. The van der Waals surface area contributed by atoms with Crippen LogP contribution in [0.4, 0.5) is 0 Å². The van der Waals surface area contributed by atoms with Crippen molar-refractivity contribution in [3.8, 4) is 5.75 Å². The molecule has 0 aliphatic carbocycles. The summed E-state index contributed by atoms with van der Waals surface area (Å²) >= 11 is 16.0. The number of hydrogen-bond donors (Lipinski definition) is 0. The van der Waals surface area contributed by atoms with Crippen LogP contribution in [0.2, 0.25) is 10.0 Å². The van der Waals surface area contributed by atoms with Crippen LogP contribution in [0, 0.1) is 0 Å². The van der Waals surface area contributed by atoms with Gasteiger partial charge in [0, 0.05) is 10.4 Å². The minimum absolute atomic E-state index is 0.00175. The molecule has 1 aromatic heterocycles. The van der Waals surface area contributed by atoms with Crippen LogP contribution in [-0.4, -0.2) is 22.0 Å². The second kappa shape index (κ2) is 8.86. The van der Waals surface area contributed by atoms with E-state index in [1.807, 2.05) is 39.8 Å². The highest BCUT2D eigenvalue weighted by molar-refractivity contribution is 9.10. The van der Waals surface area contributed by atoms with Crippen molar-refractivity contribution in [1.29, 1.82) is 0 Å². The molecule has 0 fully saturated rings. The molecule has 0 unspecified atom stereocenters. The second-order valence-electron chi connectivity index (χ2n) is 7.13. The first-order valence-electron chi connectivity index (χ1n) is 9.09. The van der Waals surface area contributed by atoms with Gasteiger partial charge in [-0.15, -0.1) is 0 Å². The summed E-state index contributed by atoms with van der Waals surface area (Å²) in [5.41, 5.74) is 1.04. The summed E-state index contributed by atoms with van der Waals surface area (Å²) in [5, 5.41) is 5.64. The third kappa shape index (κ3) is 4.82. The highest BCUT2D eigenvalue weighted by Gasteiger charge is 2.14. The molecule has 0 aliphatic rings. The minimum atomic E-state index is -0.242. The van der Waals surface area contributed by atoms with Gasteiger partial charge in [0.2, 0.25) is 0 Å². The lowest BCUT2D eigenvalue weighted by Crippen LogP contribution is -2.23. The van der Waals surface area contributed by atoms with E-state index in [0.717, 1.165) is 4.47 Å². The Morgan fingerprint density at radius 3 is 2.38 bits per heavy atom. The van der Waals surface area contributed by atoms with Crippen LogP contribution in [-0.2, 0) is 0 Å². The topological polar surface area (TPSA) is 56.5 Å². The molecule has 0 atom stereocenters. The summed E-state index contributed by atoms with van der Waals surface area (Å²) in [4.78, 5) is 17.7. The van der Waals surface area contributed by atoms with E-state index in [1.54, 1.807) is 18.2 Å². The smallest absolute Gasteiger partial charge is 0.282 e. The summed E-state index contributed by atoms with van der Waals surface area (Å²) < 4.78 is 7.77. The summed E-state index contributed by atoms with van der Waals surface area (Å²) in [6.45, 7) is 7.72. The van der Waals surface area contributed by atoms with E-state index in [9.17, 15) is 4.79 Å². The number of rotatable bonds is 5. The molecule has 8 heteroatoms. The van der Waals surface area contributed by atoms with Crippen LogP contribution < -0.4 is 10.3 Å². The minimum Gasteiger partial charge on any atom is -0.488 e. The molecule has 3 aromatic rings. The van der Waals surface area contributed by atoms with Gasteiger partial charge in [0.25, 0.3) is 5.56 Å². The van der Waals surface area contributed by atoms with Gasteiger partial charge in [0.1, 0.15) is 5.82 Å². The molecule has 0 saturated carbocycles. The molecule has 1 heterocycles. The quantitative estimate of drug-likeness (QED) is 0.391. The molecular weight excluding hydrogens is 477 g/mol. The molecule has 152 valence electrons. The van der Waals surface area contributed by atoms with E-state index < -0.39 is 0 Å². The summed E-state index contributed by atoms with van der Waals surface area (Å²) in [7, 11) is 0. The predicted octanol–water partition coefficient (Wildman–Crippen LogP) is 6.26. The highest BCUT2D eigenvalue weighted by atomic mass is 79.9. The molecule has 0 aliphatic heterocycles.